The molecule has 0 radical (unpaired) electrons. The summed E-state index contributed by atoms with van der Waals surface area (Å²) in [5.41, 5.74) is 8.69. The maximum absolute atomic E-state index is 10.9. The monoisotopic (exact) mass is 544 g/mol. The third kappa shape index (κ3) is 5.62. The van der Waals surface area contributed by atoms with Crippen LogP contribution in [0.1, 0.15) is 132 Å². The number of hydrogen-bond acceptors (Lipinski definition) is 3. The van der Waals surface area contributed by atoms with Gasteiger partial charge < -0.3 is 15.3 Å². The standard InChI is InChI=1S/C37H52O3/c1-14-15-37(31-22(2)16-25(38)19-28(31)34(5,6)7,32-23(3)17-26(39)20-29(32)35(8,9)10)33-24(4)18-27(40)21-30(33)36(11,12)13/h16-21,38-40H,14-15H2,1-13H3. The molecule has 0 aliphatic heterocycles. The van der Waals surface area contributed by atoms with Gasteiger partial charge in [-0.1, -0.05) is 75.7 Å². The Labute approximate surface area is 243 Å². The zero-order valence-electron chi connectivity index (χ0n) is 27.2. The van der Waals surface area contributed by atoms with Gasteiger partial charge in [-0.25, -0.2) is 0 Å². The van der Waals surface area contributed by atoms with Crippen molar-refractivity contribution < 1.29 is 15.3 Å². The van der Waals surface area contributed by atoms with Gasteiger partial charge in [0.1, 0.15) is 17.2 Å². The van der Waals surface area contributed by atoms with Crippen molar-refractivity contribution in [2.45, 2.75) is 125 Å². The van der Waals surface area contributed by atoms with Crippen molar-refractivity contribution in [2.24, 2.45) is 0 Å². The number of aromatic hydroxyl groups is 3. The van der Waals surface area contributed by atoms with Crippen LogP contribution in [-0.4, -0.2) is 15.3 Å². The Balaban J connectivity index is 2.88. The molecule has 3 rings (SSSR count). The number of hydrogen-bond donors (Lipinski definition) is 3. The maximum Gasteiger partial charge on any atom is 0.116 e. The predicted molar refractivity (Wildman–Crippen MR) is 169 cm³/mol. The summed E-state index contributed by atoms with van der Waals surface area (Å²) in [4.78, 5) is 0. The molecule has 0 heterocycles. The molecule has 3 N–H and O–H groups in total. The highest BCUT2D eigenvalue weighted by Gasteiger charge is 2.47. The zero-order valence-corrected chi connectivity index (χ0v) is 27.2. The van der Waals surface area contributed by atoms with Gasteiger partial charge in [-0.2, -0.15) is 0 Å². The number of benzene rings is 3. The molecule has 3 nitrogen and oxygen atoms in total. The van der Waals surface area contributed by atoms with Crippen LogP contribution >= 0.6 is 0 Å². The van der Waals surface area contributed by atoms with Crippen LogP contribution in [-0.2, 0) is 21.7 Å². The van der Waals surface area contributed by atoms with E-state index in [1.807, 2.05) is 36.4 Å². The van der Waals surface area contributed by atoms with Crippen molar-refractivity contribution in [3.63, 3.8) is 0 Å². The summed E-state index contributed by atoms with van der Waals surface area (Å²) < 4.78 is 0. The third-order valence-electron chi connectivity index (χ3n) is 8.29. The fraction of sp³-hybridized carbons (Fsp3) is 0.514. The lowest BCUT2D eigenvalue weighted by Gasteiger charge is -2.47. The van der Waals surface area contributed by atoms with Gasteiger partial charge >= 0.3 is 0 Å². The molecule has 0 atom stereocenters. The van der Waals surface area contributed by atoms with Crippen molar-refractivity contribution in [1.82, 2.24) is 0 Å². The van der Waals surface area contributed by atoms with E-state index in [4.69, 9.17) is 0 Å². The quantitative estimate of drug-likeness (QED) is 0.280. The highest BCUT2D eigenvalue weighted by atomic mass is 16.3. The molecule has 0 spiro atoms. The van der Waals surface area contributed by atoms with E-state index in [2.05, 4.69) is 90.0 Å². The molecule has 3 aromatic carbocycles. The first-order valence-corrected chi connectivity index (χ1v) is 14.7. The average Bonchev–Trinajstić information content (AvgIpc) is 2.75. The summed E-state index contributed by atoms with van der Waals surface area (Å²) in [7, 11) is 0. The predicted octanol–water partition coefficient (Wildman–Crippen LogP) is 9.76. The smallest absolute Gasteiger partial charge is 0.116 e. The molecule has 0 saturated heterocycles. The van der Waals surface area contributed by atoms with E-state index in [9.17, 15) is 15.3 Å². The molecule has 0 saturated carbocycles. The van der Waals surface area contributed by atoms with Gasteiger partial charge in [-0.05, 0) is 130 Å². The van der Waals surface area contributed by atoms with Crippen molar-refractivity contribution in [2.75, 3.05) is 0 Å². The Bertz CT molecular complexity index is 1240. The van der Waals surface area contributed by atoms with E-state index in [1.54, 1.807) is 0 Å². The first-order chi connectivity index (χ1) is 18.2. The summed E-state index contributed by atoms with van der Waals surface area (Å²) in [5, 5.41) is 32.7. The number of rotatable bonds is 5. The Morgan fingerprint density at radius 3 is 0.925 bits per heavy atom. The van der Waals surface area contributed by atoms with E-state index in [-0.39, 0.29) is 33.5 Å². The molecule has 40 heavy (non-hydrogen) atoms. The maximum atomic E-state index is 10.9. The molecule has 0 aromatic heterocycles. The minimum Gasteiger partial charge on any atom is -0.508 e. The molecule has 0 bridgehead atoms. The highest BCUT2D eigenvalue weighted by molar-refractivity contribution is 5.67. The molecule has 3 aromatic rings. The van der Waals surface area contributed by atoms with Crippen LogP contribution in [0.3, 0.4) is 0 Å². The van der Waals surface area contributed by atoms with Crippen molar-refractivity contribution in [3.8, 4) is 17.2 Å². The van der Waals surface area contributed by atoms with Crippen LogP contribution in [0, 0.1) is 20.8 Å². The van der Waals surface area contributed by atoms with E-state index in [1.165, 1.54) is 16.7 Å². The highest BCUT2D eigenvalue weighted by Crippen LogP contribution is 2.55. The molecule has 0 aliphatic rings. The van der Waals surface area contributed by atoms with Gasteiger partial charge in [0.2, 0.25) is 0 Å². The van der Waals surface area contributed by atoms with E-state index >= 15 is 0 Å². The summed E-state index contributed by atoms with van der Waals surface area (Å²) in [6, 6.07) is 11.5. The molecule has 0 amide bonds. The summed E-state index contributed by atoms with van der Waals surface area (Å²) in [6.07, 6.45) is 1.74. The normalized spacial score (nSPS) is 13.1. The lowest BCUT2D eigenvalue weighted by atomic mass is 9.56. The lowest BCUT2D eigenvalue weighted by Crippen LogP contribution is -2.39. The van der Waals surface area contributed by atoms with Gasteiger partial charge in [0.05, 0.1) is 0 Å². The Kier molecular flexibility index (Phi) is 8.27. The van der Waals surface area contributed by atoms with Gasteiger partial charge in [0, 0.05) is 5.41 Å². The lowest BCUT2D eigenvalue weighted by molar-refractivity contribution is 0.445. The second-order valence-corrected chi connectivity index (χ2v) is 15.0. The van der Waals surface area contributed by atoms with Crippen molar-refractivity contribution in [3.05, 3.63) is 86.5 Å². The zero-order chi connectivity index (χ0) is 30.6. The third-order valence-corrected chi connectivity index (χ3v) is 8.29. The summed E-state index contributed by atoms with van der Waals surface area (Å²) in [5.74, 6) is 0.815. The van der Waals surface area contributed by atoms with E-state index < -0.39 is 5.41 Å². The first-order valence-electron chi connectivity index (χ1n) is 14.7. The SMILES string of the molecule is CCCC(c1c(C)cc(O)cc1C(C)(C)C)(c1c(C)cc(O)cc1C(C)(C)C)c1c(C)cc(O)cc1C(C)(C)C. The van der Waals surface area contributed by atoms with Crippen LogP contribution < -0.4 is 0 Å². The molecular weight excluding hydrogens is 492 g/mol. The van der Waals surface area contributed by atoms with Gasteiger partial charge in [-0.3, -0.25) is 0 Å². The largest absolute Gasteiger partial charge is 0.508 e. The van der Waals surface area contributed by atoms with Gasteiger partial charge in [0.25, 0.3) is 0 Å². The minimum atomic E-state index is -0.615. The van der Waals surface area contributed by atoms with Crippen LogP contribution in [0.4, 0.5) is 0 Å². The van der Waals surface area contributed by atoms with Crippen LogP contribution in [0.15, 0.2) is 36.4 Å². The fourth-order valence-electron chi connectivity index (χ4n) is 6.90. The summed E-state index contributed by atoms with van der Waals surface area (Å²) >= 11 is 0. The summed E-state index contributed by atoms with van der Waals surface area (Å²) in [6.45, 7) is 28.5. The molecule has 0 fully saturated rings. The second kappa shape index (κ2) is 10.5. The van der Waals surface area contributed by atoms with Crippen LogP contribution in [0.2, 0.25) is 0 Å². The number of phenols is 3. The number of aryl methyl sites for hydroxylation is 3. The average molecular weight is 545 g/mol. The van der Waals surface area contributed by atoms with Gasteiger partial charge in [0.15, 0.2) is 0 Å². The first kappa shape index (κ1) is 31.6. The van der Waals surface area contributed by atoms with Crippen LogP contribution in [0.25, 0.3) is 0 Å². The van der Waals surface area contributed by atoms with Crippen molar-refractivity contribution in [1.29, 1.82) is 0 Å². The van der Waals surface area contributed by atoms with Crippen molar-refractivity contribution >= 4 is 0 Å². The molecule has 0 aliphatic carbocycles. The topological polar surface area (TPSA) is 60.7 Å². The second-order valence-electron chi connectivity index (χ2n) is 15.0. The molecular formula is C37H52O3. The Hall–Kier alpha value is -2.94. The molecule has 3 heteroatoms. The minimum absolute atomic E-state index is 0.253. The van der Waals surface area contributed by atoms with E-state index in [0.717, 1.165) is 46.2 Å². The Morgan fingerprint density at radius 1 is 0.475 bits per heavy atom. The molecule has 0 unspecified atom stereocenters. The molecule has 218 valence electrons. The fourth-order valence-corrected chi connectivity index (χ4v) is 6.90. The van der Waals surface area contributed by atoms with Crippen LogP contribution in [0.5, 0.6) is 17.2 Å². The number of phenolic OH excluding ortho intramolecular Hbond substituents is 3. The van der Waals surface area contributed by atoms with Gasteiger partial charge in [-0.15, -0.1) is 0 Å². The van der Waals surface area contributed by atoms with E-state index in [0.29, 0.717) is 0 Å². The Morgan fingerprint density at radius 2 is 0.725 bits per heavy atom.